The molecule has 0 amide bonds. The van der Waals surface area contributed by atoms with Crippen LogP contribution >= 0.6 is 15.9 Å². The number of ketones is 1. The van der Waals surface area contributed by atoms with E-state index in [4.69, 9.17) is 5.26 Å². The van der Waals surface area contributed by atoms with Crippen LogP contribution in [0.15, 0.2) is 12.1 Å². The summed E-state index contributed by atoms with van der Waals surface area (Å²) in [6.45, 7) is 1.21. The lowest BCUT2D eigenvalue weighted by atomic mass is 9.97. The molecular formula is C11H7BrF3NO. The van der Waals surface area contributed by atoms with E-state index in [9.17, 15) is 18.0 Å². The van der Waals surface area contributed by atoms with Crippen LogP contribution in [-0.2, 0) is 6.18 Å². The molecule has 0 aliphatic rings. The van der Waals surface area contributed by atoms with Gasteiger partial charge in [-0.3, -0.25) is 4.79 Å². The van der Waals surface area contributed by atoms with Gasteiger partial charge >= 0.3 is 6.18 Å². The zero-order valence-corrected chi connectivity index (χ0v) is 10.3. The maximum absolute atomic E-state index is 12.7. The Morgan fingerprint density at radius 1 is 1.47 bits per heavy atom. The van der Waals surface area contributed by atoms with Crippen LogP contribution in [0.5, 0.6) is 0 Å². The van der Waals surface area contributed by atoms with Gasteiger partial charge in [-0.2, -0.15) is 18.4 Å². The summed E-state index contributed by atoms with van der Waals surface area (Å²) in [6.07, 6.45) is -4.57. The maximum Gasteiger partial charge on any atom is 0.416 e. The lowest BCUT2D eigenvalue weighted by Gasteiger charge is -2.12. The Hall–Kier alpha value is -1.35. The van der Waals surface area contributed by atoms with E-state index in [1.54, 1.807) is 6.07 Å². The van der Waals surface area contributed by atoms with Gasteiger partial charge in [0.05, 0.1) is 22.5 Å². The number of benzene rings is 1. The van der Waals surface area contributed by atoms with Crippen LogP contribution < -0.4 is 0 Å². The normalized spacial score (nSPS) is 11.1. The second-order valence-corrected chi connectivity index (χ2v) is 3.92. The van der Waals surface area contributed by atoms with Gasteiger partial charge in [-0.1, -0.05) is 15.9 Å². The molecule has 0 fully saturated rings. The molecule has 2 nitrogen and oxygen atoms in total. The van der Waals surface area contributed by atoms with Gasteiger partial charge in [0.25, 0.3) is 0 Å². The van der Waals surface area contributed by atoms with Gasteiger partial charge < -0.3 is 0 Å². The topological polar surface area (TPSA) is 40.9 Å². The van der Waals surface area contributed by atoms with Crippen molar-refractivity contribution in [2.45, 2.75) is 13.1 Å². The minimum Gasteiger partial charge on any atom is -0.293 e. The predicted molar refractivity (Wildman–Crippen MR) is 59.0 cm³/mol. The van der Waals surface area contributed by atoms with Gasteiger partial charge in [0.15, 0.2) is 5.78 Å². The third-order valence-electron chi connectivity index (χ3n) is 2.28. The number of Topliss-reactive ketones (excluding diaryl/α,β-unsaturated/α-hetero) is 1. The molecule has 0 saturated carbocycles. The number of carbonyl (C=O) groups excluding carboxylic acids is 1. The average Bonchev–Trinajstić information content (AvgIpc) is 2.26. The highest BCUT2D eigenvalue weighted by molar-refractivity contribution is 9.09. The molecule has 1 rings (SSSR count). The summed E-state index contributed by atoms with van der Waals surface area (Å²) in [5.41, 5.74) is -1.35. The molecule has 17 heavy (non-hydrogen) atoms. The first kappa shape index (κ1) is 13.7. The first-order valence-electron chi connectivity index (χ1n) is 4.52. The van der Waals surface area contributed by atoms with E-state index in [0.29, 0.717) is 0 Å². The lowest BCUT2D eigenvalue weighted by Crippen LogP contribution is -2.12. The third kappa shape index (κ3) is 2.86. The Morgan fingerprint density at radius 2 is 2.06 bits per heavy atom. The zero-order chi connectivity index (χ0) is 13.2. The second kappa shape index (κ2) is 4.88. The molecule has 0 aliphatic heterocycles. The second-order valence-electron chi connectivity index (χ2n) is 3.36. The van der Waals surface area contributed by atoms with Crippen molar-refractivity contribution in [2.24, 2.45) is 0 Å². The summed E-state index contributed by atoms with van der Waals surface area (Å²) in [5, 5.41) is 8.66. The van der Waals surface area contributed by atoms with Crippen LogP contribution in [-0.4, -0.2) is 11.1 Å². The molecule has 0 bridgehead atoms. The highest BCUT2D eigenvalue weighted by Gasteiger charge is 2.34. The van der Waals surface area contributed by atoms with Crippen LogP contribution in [0.2, 0.25) is 0 Å². The standard InChI is InChI=1S/C11H7BrF3NO/c1-6-8(5-16)2-7(10(17)4-12)3-9(6)11(13,14)15/h2-3H,4H2,1H3. The minimum absolute atomic E-state index is 0.0851. The van der Waals surface area contributed by atoms with Crippen LogP contribution in [0, 0.1) is 18.3 Å². The molecule has 0 unspecified atom stereocenters. The Labute approximate surface area is 104 Å². The van der Waals surface area contributed by atoms with E-state index in [0.717, 1.165) is 6.07 Å². The number of hydrogen-bond acceptors (Lipinski definition) is 2. The van der Waals surface area contributed by atoms with E-state index in [1.807, 2.05) is 0 Å². The van der Waals surface area contributed by atoms with Crippen LogP contribution in [0.3, 0.4) is 0 Å². The zero-order valence-electron chi connectivity index (χ0n) is 8.73. The van der Waals surface area contributed by atoms with Gasteiger partial charge in [-0.05, 0) is 24.6 Å². The number of rotatable bonds is 2. The Morgan fingerprint density at radius 3 is 2.47 bits per heavy atom. The van der Waals surface area contributed by atoms with Crippen LogP contribution in [0.4, 0.5) is 13.2 Å². The van der Waals surface area contributed by atoms with Crippen molar-refractivity contribution < 1.29 is 18.0 Å². The van der Waals surface area contributed by atoms with Crippen LogP contribution in [0.1, 0.15) is 27.0 Å². The Bertz CT molecular complexity index is 503. The van der Waals surface area contributed by atoms with Gasteiger partial charge in [0.2, 0.25) is 0 Å². The molecule has 90 valence electrons. The third-order valence-corrected chi connectivity index (χ3v) is 2.79. The molecule has 0 saturated heterocycles. The maximum atomic E-state index is 12.7. The molecule has 0 heterocycles. The largest absolute Gasteiger partial charge is 0.416 e. The van der Waals surface area contributed by atoms with Crippen molar-refractivity contribution in [3.63, 3.8) is 0 Å². The molecule has 0 spiro atoms. The molecular weight excluding hydrogens is 299 g/mol. The first-order chi connectivity index (χ1) is 7.81. The molecule has 0 radical (unpaired) electrons. The molecule has 6 heteroatoms. The molecule has 1 aromatic carbocycles. The fraction of sp³-hybridized carbons (Fsp3) is 0.273. The highest BCUT2D eigenvalue weighted by atomic mass is 79.9. The monoisotopic (exact) mass is 305 g/mol. The number of nitrogens with zero attached hydrogens (tertiary/aromatic N) is 1. The molecule has 1 aromatic rings. The van der Waals surface area contributed by atoms with Crippen LogP contribution in [0.25, 0.3) is 0 Å². The first-order valence-corrected chi connectivity index (χ1v) is 5.64. The van der Waals surface area contributed by atoms with Crippen molar-refractivity contribution in [3.05, 3.63) is 34.4 Å². The van der Waals surface area contributed by atoms with E-state index in [2.05, 4.69) is 15.9 Å². The fourth-order valence-corrected chi connectivity index (χ4v) is 1.69. The van der Waals surface area contributed by atoms with Gasteiger partial charge in [-0.15, -0.1) is 0 Å². The number of alkyl halides is 4. The summed E-state index contributed by atoms with van der Waals surface area (Å²) in [4.78, 5) is 11.3. The number of nitriles is 1. The lowest BCUT2D eigenvalue weighted by molar-refractivity contribution is -0.138. The number of hydrogen-bond donors (Lipinski definition) is 0. The minimum atomic E-state index is -4.57. The predicted octanol–water partition coefficient (Wildman–Crippen LogP) is 3.46. The van der Waals surface area contributed by atoms with Gasteiger partial charge in [-0.25, -0.2) is 0 Å². The molecule has 0 aliphatic carbocycles. The summed E-state index contributed by atoms with van der Waals surface area (Å²) in [5.74, 6) is -0.494. The summed E-state index contributed by atoms with van der Waals surface area (Å²) in [7, 11) is 0. The molecule has 0 atom stereocenters. The van der Waals surface area contributed by atoms with Crippen molar-refractivity contribution in [2.75, 3.05) is 5.33 Å². The number of carbonyl (C=O) groups is 1. The van der Waals surface area contributed by atoms with E-state index < -0.39 is 17.5 Å². The van der Waals surface area contributed by atoms with E-state index in [1.165, 1.54) is 13.0 Å². The van der Waals surface area contributed by atoms with E-state index >= 15 is 0 Å². The quantitative estimate of drug-likeness (QED) is 0.620. The van der Waals surface area contributed by atoms with Crippen molar-refractivity contribution >= 4 is 21.7 Å². The molecule has 0 aromatic heterocycles. The van der Waals surface area contributed by atoms with E-state index in [-0.39, 0.29) is 22.0 Å². The highest BCUT2D eigenvalue weighted by Crippen LogP contribution is 2.34. The van der Waals surface area contributed by atoms with Crippen molar-refractivity contribution in [3.8, 4) is 6.07 Å². The fourth-order valence-electron chi connectivity index (χ4n) is 1.36. The van der Waals surface area contributed by atoms with Crippen molar-refractivity contribution in [1.29, 1.82) is 5.26 Å². The number of halogens is 4. The van der Waals surface area contributed by atoms with Gasteiger partial charge in [0.1, 0.15) is 0 Å². The van der Waals surface area contributed by atoms with Gasteiger partial charge in [0, 0.05) is 5.56 Å². The Kier molecular flexibility index (Phi) is 3.94. The summed E-state index contributed by atoms with van der Waals surface area (Å²) >= 11 is 2.88. The Balaban J connectivity index is 3.51. The smallest absolute Gasteiger partial charge is 0.293 e. The molecule has 0 N–H and O–H groups in total. The van der Waals surface area contributed by atoms with Crippen molar-refractivity contribution in [1.82, 2.24) is 0 Å². The average molecular weight is 306 g/mol. The SMILES string of the molecule is Cc1c(C#N)cc(C(=O)CBr)cc1C(F)(F)F. The summed E-state index contributed by atoms with van der Waals surface area (Å²) < 4.78 is 38.0. The summed E-state index contributed by atoms with van der Waals surface area (Å²) in [6, 6.07) is 3.61.